The minimum Gasteiger partial charge on any atom is -0.334 e. The van der Waals surface area contributed by atoms with E-state index in [4.69, 9.17) is 0 Å². The van der Waals surface area contributed by atoms with Gasteiger partial charge in [0.25, 0.3) is 0 Å². The fraction of sp³-hybridized carbons (Fsp3) is 0.429. The number of likely N-dealkylation sites (N-methyl/N-ethyl adjacent to an activating group) is 1. The zero-order valence-corrected chi connectivity index (χ0v) is 11.7. The highest BCUT2D eigenvalue weighted by molar-refractivity contribution is 5.98. The third kappa shape index (κ3) is 3.37. The number of halogens is 4. The molecular weight excluding hydrogens is 304 g/mol. The van der Waals surface area contributed by atoms with Crippen LogP contribution in [0.15, 0.2) is 24.3 Å². The van der Waals surface area contributed by atoms with Crippen LogP contribution in [0.4, 0.5) is 23.2 Å². The molecule has 0 aromatic heterocycles. The SMILES string of the molecule is CN1C(=O)CCC1C(=O)Nc1cccc(C(F)C(F)(F)F)c1. The van der Waals surface area contributed by atoms with Gasteiger partial charge in [0.05, 0.1) is 0 Å². The molecule has 1 heterocycles. The summed E-state index contributed by atoms with van der Waals surface area (Å²) in [6.07, 6.45) is -7.52. The van der Waals surface area contributed by atoms with Crippen molar-refractivity contribution in [2.45, 2.75) is 31.2 Å². The monoisotopic (exact) mass is 318 g/mol. The molecule has 0 radical (unpaired) electrons. The molecule has 8 heteroatoms. The predicted octanol–water partition coefficient (Wildman–Crippen LogP) is 2.82. The van der Waals surface area contributed by atoms with Gasteiger partial charge in [-0.15, -0.1) is 0 Å². The number of alkyl halides is 4. The van der Waals surface area contributed by atoms with E-state index in [0.29, 0.717) is 6.42 Å². The van der Waals surface area contributed by atoms with Gasteiger partial charge in [0.1, 0.15) is 6.04 Å². The highest BCUT2D eigenvalue weighted by atomic mass is 19.4. The number of carbonyl (C=O) groups is 2. The number of rotatable bonds is 3. The first-order valence-electron chi connectivity index (χ1n) is 6.57. The van der Waals surface area contributed by atoms with Gasteiger partial charge in [-0.3, -0.25) is 9.59 Å². The van der Waals surface area contributed by atoms with Gasteiger partial charge in [-0.2, -0.15) is 13.2 Å². The van der Waals surface area contributed by atoms with Crippen molar-refractivity contribution in [3.8, 4) is 0 Å². The maximum Gasteiger partial charge on any atom is 0.423 e. The van der Waals surface area contributed by atoms with Crippen molar-refractivity contribution in [2.24, 2.45) is 0 Å². The molecule has 1 saturated heterocycles. The van der Waals surface area contributed by atoms with E-state index in [0.717, 1.165) is 12.1 Å². The van der Waals surface area contributed by atoms with Crippen molar-refractivity contribution in [2.75, 3.05) is 12.4 Å². The number of anilines is 1. The van der Waals surface area contributed by atoms with Gasteiger partial charge in [-0.05, 0) is 24.1 Å². The summed E-state index contributed by atoms with van der Waals surface area (Å²) < 4.78 is 50.4. The Hall–Kier alpha value is -2.12. The molecule has 0 bridgehead atoms. The van der Waals surface area contributed by atoms with Crippen LogP contribution in [0.2, 0.25) is 0 Å². The maximum atomic E-state index is 13.3. The standard InChI is InChI=1S/C14H14F4N2O2/c1-20-10(5-6-11(20)21)13(22)19-9-4-2-3-8(7-9)12(15)14(16,17)18/h2-4,7,10,12H,5-6H2,1H3,(H,19,22). The zero-order chi connectivity index (χ0) is 16.5. The fourth-order valence-corrected chi connectivity index (χ4v) is 2.30. The Labute approximate surface area is 124 Å². The van der Waals surface area contributed by atoms with Crippen LogP contribution in [0, 0.1) is 0 Å². The topological polar surface area (TPSA) is 49.4 Å². The fourth-order valence-electron chi connectivity index (χ4n) is 2.30. The second-order valence-corrected chi connectivity index (χ2v) is 5.08. The molecule has 0 saturated carbocycles. The number of carbonyl (C=O) groups excluding carboxylic acids is 2. The van der Waals surface area contributed by atoms with Crippen LogP contribution in [0.3, 0.4) is 0 Å². The summed E-state index contributed by atoms with van der Waals surface area (Å²) in [6, 6.07) is 3.86. The number of likely N-dealkylation sites (tertiary alicyclic amines) is 1. The van der Waals surface area contributed by atoms with Crippen molar-refractivity contribution in [1.29, 1.82) is 0 Å². The molecule has 4 nitrogen and oxygen atoms in total. The quantitative estimate of drug-likeness (QED) is 0.871. The van der Waals surface area contributed by atoms with Crippen molar-refractivity contribution in [3.05, 3.63) is 29.8 Å². The molecular formula is C14H14F4N2O2. The van der Waals surface area contributed by atoms with Crippen LogP contribution in [0.5, 0.6) is 0 Å². The van der Waals surface area contributed by atoms with Crippen molar-refractivity contribution in [3.63, 3.8) is 0 Å². The Morgan fingerprint density at radius 3 is 2.64 bits per heavy atom. The van der Waals surface area contributed by atoms with Gasteiger partial charge < -0.3 is 10.2 Å². The number of hydrogen-bond acceptors (Lipinski definition) is 2. The van der Waals surface area contributed by atoms with E-state index in [1.807, 2.05) is 0 Å². The molecule has 2 unspecified atom stereocenters. The highest BCUT2D eigenvalue weighted by Crippen LogP contribution is 2.36. The molecule has 1 aliphatic heterocycles. The maximum absolute atomic E-state index is 13.3. The Bertz CT molecular complexity index is 588. The summed E-state index contributed by atoms with van der Waals surface area (Å²) in [5.74, 6) is -0.678. The van der Waals surface area contributed by atoms with Crippen LogP contribution in [0.1, 0.15) is 24.6 Å². The molecule has 1 N–H and O–H groups in total. The van der Waals surface area contributed by atoms with Crippen molar-refractivity contribution < 1.29 is 27.2 Å². The minimum atomic E-state index is -5.00. The lowest BCUT2D eigenvalue weighted by Crippen LogP contribution is -2.38. The Kier molecular flexibility index (Phi) is 4.39. The van der Waals surface area contributed by atoms with Crippen LogP contribution in [-0.4, -0.2) is 36.0 Å². The minimum absolute atomic E-state index is 0.0575. The first-order valence-corrected chi connectivity index (χ1v) is 6.57. The summed E-state index contributed by atoms with van der Waals surface area (Å²) in [4.78, 5) is 24.7. The summed E-state index contributed by atoms with van der Waals surface area (Å²) in [7, 11) is 1.48. The lowest BCUT2D eigenvalue weighted by Gasteiger charge is -2.19. The number of nitrogens with zero attached hydrogens (tertiary/aromatic N) is 1. The lowest BCUT2D eigenvalue weighted by molar-refractivity contribution is -0.182. The smallest absolute Gasteiger partial charge is 0.334 e. The number of hydrogen-bond donors (Lipinski definition) is 1. The molecule has 1 aliphatic rings. The molecule has 1 fully saturated rings. The summed E-state index contributed by atoms with van der Waals surface area (Å²) in [5, 5.41) is 2.41. The Morgan fingerprint density at radius 1 is 1.41 bits per heavy atom. The average molecular weight is 318 g/mol. The van der Waals surface area contributed by atoms with Gasteiger partial charge in [0.15, 0.2) is 0 Å². The van der Waals surface area contributed by atoms with Crippen molar-refractivity contribution in [1.82, 2.24) is 4.90 Å². The average Bonchev–Trinajstić information content (AvgIpc) is 2.77. The molecule has 2 rings (SSSR count). The van der Waals surface area contributed by atoms with Crippen LogP contribution < -0.4 is 5.32 Å². The lowest BCUT2D eigenvalue weighted by atomic mass is 10.1. The Morgan fingerprint density at radius 2 is 2.09 bits per heavy atom. The summed E-state index contributed by atoms with van der Waals surface area (Å²) in [6.45, 7) is 0. The molecule has 120 valence electrons. The molecule has 22 heavy (non-hydrogen) atoms. The van der Waals surface area contributed by atoms with E-state index in [2.05, 4.69) is 5.32 Å². The van der Waals surface area contributed by atoms with Crippen LogP contribution >= 0.6 is 0 Å². The Balaban J connectivity index is 2.11. The first kappa shape index (κ1) is 16.3. The molecule has 1 aromatic carbocycles. The van der Waals surface area contributed by atoms with Gasteiger partial charge in [0.2, 0.25) is 18.0 Å². The third-order valence-corrected chi connectivity index (χ3v) is 3.53. The van der Waals surface area contributed by atoms with E-state index < -0.39 is 29.9 Å². The largest absolute Gasteiger partial charge is 0.423 e. The van der Waals surface area contributed by atoms with E-state index in [9.17, 15) is 27.2 Å². The molecule has 0 aliphatic carbocycles. The number of nitrogens with one attached hydrogen (secondary N) is 1. The second-order valence-electron chi connectivity index (χ2n) is 5.08. The predicted molar refractivity (Wildman–Crippen MR) is 70.8 cm³/mol. The highest BCUT2D eigenvalue weighted by Gasteiger charge is 2.41. The van der Waals surface area contributed by atoms with E-state index in [-0.39, 0.29) is 18.0 Å². The summed E-state index contributed by atoms with van der Waals surface area (Å²) >= 11 is 0. The van der Waals surface area contributed by atoms with E-state index in [1.165, 1.54) is 24.1 Å². The van der Waals surface area contributed by atoms with E-state index >= 15 is 0 Å². The van der Waals surface area contributed by atoms with Gasteiger partial charge in [-0.25, -0.2) is 4.39 Å². The molecule has 0 spiro atoms. The number of benzene rings is 1. The number of amides is 2. The molecule has 2 atom stereocenters. The van der Waals surface area contributed by atoms with Gasteiger partial charge in [-0.1, -0.05) is 12.1 Å². The third-order valence-electron chi connectivity index (χ3n) is 3.53. The van der Waals surface area contributed by atoms with Crippen molar-refractivity contribution >= 4 is 17.5 Å². The first-order chi connectivity index (χ1) is 10.2. The zero-order valence-electron chi connectivity index (χ0n) is 11.7. The van der Waals surface area contributed by atoms with Gasteiger partial charge in [0, 0.05) is 19.2 Å². The summed E-state index contributed by atoms with van der Waals surface area (Å²) in [5.41, 5.74) is -0.525. The van der Waals surface area contributed by atoms with Gasteiger partial charge >= 0.3 is 6.18 Å². The normalized spacial score (nSPS) is 20.1. The van der Waals surface area contributed by atoms with E-state index in [1.54, 1.807) is 0 Å². The van der Waals surface area contributed by atoms with Crippen LogP contribution in [-0.2, 0) is 9.59 Å². The van der Waals surface area contributed by atoms with Crippen LogP contribution in [0.25, 0.3) is 0 Å². The molecule has 1 aromatic rings. The second kappa shape index (κ2) is 5.94. The molecule has 2 amide bonds.